The molecule has 0 aliphatic heterocycles. The molecule has 0 radical (unpaired) electrons. The van der Waals surface area contributed by atoms with Crippen LogP contribution in [0.2, 0.25) is 0 Å². The lowest BCUT2D eigenvalue weighted by atomic mass is 10.2. The second kappa shape index (κ2) is 7.74. The van der Waals surface area contributed by atoms with Crippen molar-refractivity contribution in [3.05, 3.63) is 18.0 Å². The maximum atomic E-state index is 5.42. The van der Waals surface area contributed by atoms with Gasteiger partial charge in [-0.15, -0.1) is 0 Å². The van der Waals surface area contributed by atoms with Crippen LogP contribution in [0.4, 0.5) is 0 Å². The van der Waals surface area contributed by atoms with Crippen LogP contribution >= 0.6 is 11.8 Å². The Labute approximate surface area is 125 Å². The third kappa shape index (κ3) is 3.58. The molecule has 1 fully saturated rings. The molecule has 1 N–H and O–H groups in total. The number of nitrogens with one attached hydrogen (secondary N) is 1. The Morgan fingerprint density at radius 3 is 2.90 bits per heavy atom. The van der Waals surface area contributed by atoms with E-state index in [2.05, 4.69) is 29.0 Å². The summed E-state index contributed by atoms with van der Waals surface area (Å²) in [5, 5.41) is 4.37. The van der Waals surface area contributed by atoms with Crippen molar-refractivity contribution in [1.29, 1.82) is 0 Å². The number of aromatic nitrogens is 1. The zero-order valence-electron chi connectivity index (χ0n) is 12.5. The first-order chi connectivity index (χ1) is 9.80. The van der Waals surface area contributed by atoms with E-state index in [0.29, 0.717) is 6.04 Å². The SMILES string of the molecule is CCS[C@@H]1CCC[C@@H]1NCc1nccc(OC)c1OC. The molecule has 0 unspecified atom stereocenters. The molecule has 1 aliphatic rings. The summed E-state index contributed by atoms with van der Waals surface area (Å²) in [6, 6.07) is 2.41. The van der Waals surface area contributed by atoms with Crippen molar-refractivity contribution in [3.63, 3.8) is 0 Å². The minimum Gasteiger partial charge on any atom is -0.493 e. The summed E-state index contributed by atoms with van der Waals surface area (Å²) in [5.41, 5.74) is 0.916. The van der Waals surface area contributed by atoms with E-state index in [9.17, 15) is 0 Å². The third-order valence-electron chi connectivity index (χ3n) is 3.73. The number of hydrogen-bond acceptors (Lipinski definition) is 5. The van der Waals surface area contributed by atoms with E-state index >= 15 is 0 Å². The topological polar surface area (TPSA) is 43.4 Å². The molecule has 1 heterocycles. The molecule has 0 spiro atoms. The fourth-order valence-electron chi connectivity index (χ4n) is 2.78. The molecule has 1 saturated carbocycles. The van der Waals surface area contributed by atoms with Gasteiger partial charge in [-0.3, -0.25) is 4.98 Å². The van der Waals surface area contributed by atoms with Crippen molar-refractivity contribution in [2.24, 2.45) is 0 Å². The molecule has 0 amide bonds. The molecule has 2 atom stereocenters. The number of pyridine rings is 1. The molecular formula is C15H24N2O2S. The lowest BCUT2D eigenvalue weighted by Gasteiger charge is -2.20. The van der Waals surface area contributed by atoms with Crippen LogP contribution in [0.15, 0.2) is 12.3 Å². The van der Waals surface area contributed by atoms with Crippen LogP contribution in [-0.2, 0) is 6.54 Å². The molecule has 0 aromatic carbocycles. The molecule has 112 valence electrons. The van der Waals surface area contributed by atoms with Crippen LogP contribution < -0.4 is 14.8 Å². The fourth-order valence-corrected chi connectivity index (χ4v) is 4.00. The zero-order chi connectivity index (χ0) is 14.4. The van der Waals surface area contributed by atoms with Gasteiger partial charge in [0.25, 0.3) is 0 Å². The smallest absolute Gasteiger partial charge is 0.183 e. The van der Waals surface area contributed by atoms with E-state index in [1.54, 1.807) is 20.4 Å². The highest BCUT2D eigenvalue weighted by Gasteiger charge is 2.27. The molecule has 2 rings (SSSR count). The van der Waals surface area contributed by atoms with Crippen LogP contribution in [0, 0.1) is 0 Å². The minimum atomic E-state index is 0.581. The summed E-state index contributed by atoms with van der Waals surface area (Å²) in [7, 11) is 3.31. The first kappa shape index (κ1) is 15.4. The zero-order valence-corrected chi connectivity index (χ0v) is 13.3. The largest absolute Gasteiger partial charge is 0.493 e. The Morgan fingerprint density at radius 2 is 2.20 bits per heavy atom. The highest BCUT2D eigenvalue weighted by atomic mass is 32.2. The van der Waals surface area contributed by atoms with E-state index in [1.165, 1.54) is 25.0 Å². The second-order valence-corrected chi connectivity index (χ2v) is 6.42. The summed E-state index contributed by atoms with van der Waals surface area (Å²) in [6.07, 6.45) is 5.66. The van der Waals surface area contributed by atoms with Crippen molar-refractivity contribution in [2.75, 3.05) is 20.0 Å². The van der Waals surface area contributed by atoms with Gasteiger partial charge in [0.15, 0.2) is 11.5 Å². The molecule has 0 saturated heterocycles. The number of ether oxygens (including phenoxy) is 2. The third-order valence-corrected chi connectivity index (χ3v) is 5.06. The van der Waals surface area contributed by atoms with Crippen molar-refractivity contribution < 1.29 is 9.47 Å². The van der Waals surface area contributed by atoms with Gasteiger partial charge in [-0.1, -0.05) is 13.3 Å². The van der Waals surface area contributed by atoms with Crippen LogP contribution in [0.3, 0.4) is 0 Å². The Balaban J connectivity index is 2.00. The summed E-state index contributed by atoms with van der Waals surface area (Å²) in [4.78, 5) is 4.42. The molecular weight excluding hydrogens is 272 g/mol. The van der Waals surface area contributed by atoms with Gasteiger partial charge in [-0.2, -0.15) is 11.8 Å². The maximum Gasteiger partial charge on any atom is 0.183 e. The molecule has 1 aliphatic carbocycles. The Bertz CT molecular complexity index is 428. The molecule has 0 bridgehead atoms. The average molecular weight is 296 g/mol. The van der Waals surface area contributed by atoms with Crippen LogP contribution in [0.5, 0.6) is 11.5 Å². The standard InChI is InChI=1S/C15H24N2O2S/c1-4-20-14-7-5-6-11(14)17-10-12-15(19-3)13(18-2)8-9-16-12/h8-9,11,14,17H,4-7,10H2,1-3H3/t11-,14+/m0/s1. The van der Waals surface area contributed by atoms with E-state index in [0.717, 1.165) is 29.0 Å². The van der Waals surface area contributed by atoms with Gasteiger partial charge in [-0.05, 0) is 18.6 Å². The molecule has 1 aromatic heterocycles. The summed E-state index contributed by atoms with van der Waals surface area (Å²) >= 11 is 2.06. The summed E-state index contributed by atoms with van der Waals surface area (Å²) < 4.78 is 10.7. The molecule has 4 nitrogen and oxygen atoms in total. The number of thioether (sulfide) groups is 1. The number of rotatable bonds is 7. The Morgan fingerprint density at radius 1 is 1.35 bits per heavy atom. The lowest BCUT2D eigenvalue weighted by Crippen LogP contribution is -2.34. The van der Waals surface area contributed by atoms with Gasteiger partial charge in [-0.25, -0.2) is 0 Å². The molecule has 5 heteroatoms. The number of methoxy groups -OCH3 is 2. The molecule has 20 heavy (non-hydrogen) atoms. The van der Waals surface area contributed by atoms with Gasteiger partial charge in [0.2, 0.25) is 0 Å². The summed E-state index contributed by atoms with van der Waals surface area (Å²) in [5.74, 6) is 2.66. The average Bonchev–Trinajstić information content (AvgIpc) is 2.92. The van der Waals surface area contributed by atoms with Crippen molar-refractivity contribution in [1.82, 2.24) is 10.3 Å². The quantitative estimate of drug-likeness (QED) is 0.838. The highest BCUT2D eigenvalue weighted by molar-refractivity contribution is 7.99. The second-order valence-electron chi connectivity index (χ2n) is 4.91. The summed E-state index contributed by atoms with van der Waals surface area (Å²) in [6.45, 7) is 2.96. The maximum absolute atomic E-state index is 5.42. The predicted molar refractivity (Wildman–Crippen MR) is 83.7 cm³/mol. The lowest BCUT2D eigenvalue weighted by molar-refractivity contribution is 0.347. The normalized spacial score (nSPS) is 21.9. The monoisotopic (exact) mass is 296 g/mol. The Kier molecular flexibility index (Phi) is 5.98. The number of hydrogen-bond donors (Lipinski definition) is 1. The number of nitrogens with zero attached hydrogens (tertiary/aromatic N) is 1. The van der Waals surface area contributed by atoms with E-state index in [-0.39, 0.29) is 0 Å². The van der Waals surface area contributed by atoms with Crippen molar-refractivity contribution >= 4 is 11.8 Å². The van der Waals surface area contributed by atoms with Crippen LogP contribution in [0.25, 0.3) is 0 Å². The van der Waals surface area contributed by atoms with Gasteiger partial charge in [0.05, 0.1) is 19.9 Å². The van der Waals surface area contributed by atoms with Crippen molar-refractivity contribution in [3.8, 4) is 11.5 Å². The first-order valence-corrected chi connectivity index (χ1v) is 8.25. The van der Waals surface area contributed by atoms with E-state index < -0.39 is 0 Å². The van der Waals surface area contributed by atoms with Crippen molar-refractivity contribution in [2.45, 2.75) is 44.0 Å². The Hall–Kier alpha value is -0.940. The van der Waals surface area contributed by atoms with Crippen LogP contribution in [-0.4, -0.2) is 36.2 Å². The van der Waals surface area contributed by atoms with E-state index in [4.69, 9.17) is 9.47 Å². The van der Waals surface area contributed by atoms with Gasteiger partial charge in [0.1, 0.15) is 0 Å². The first-order valence-electron chi connectivity index (χ1n) is 7.21. The fraction of sp³-hybridized carbons (Fsp3) is 0.667. The van der Waals surface area contributed by atoms with Gasteiger partial charge in [0, 0.05) is 30.1 Å². The van der Waals surface area contributed by atoms with Crippen LogP contribution in [0.1, 0.15) is 31.9 Å². The van der Waals surface area contributed by atoms with Gasteiger partial charge >= 0.3 is 0 Å². The highest BCUT2D eigenvalue weighted by Crippen LogP contribution is 2.32. The minimum absolute atomic E-state index is 0.581. The van der Waals surface area contributed by atoms with E-state index in [1.807, 2.05) is 6.07 Å². The van der Waals surface area contributed by atoms with Gasteiger partial charge < -0.3 is 14.8 Å². The molecule has 1 aromatic rings. The predicted octanol–water partition coefficient (Wildman–Crippen LogP) is 2.86.